The Bertz CT molecular complexity index is 92.5. The van der Waals surface area contributed by atoms with Crippen LogP contribution >= 0.6 is 22.6 Å². The zero-order valence-corrected chi connectivity index (χ0v) is 10.2. The summed E-state index contributed by atoms with van der Waals surface area (Å²) in [4.78, 5) is 4.31. The average molecular weight is 285 g/mol. The molecule has 0 saturated carbocycles. The van der Waals surface area contributed by atoms with Crippen molar-refractivity contribution in [1.82, 2.24) is 4.90 Å². The van der Waals surface area contributed by atoms with Gasteiger partial charge in [-0.2, -0.15) is 0 Å². The van der Waals surface area contributed by atoms with Crippen molar-refractivity contribution in [2.75, 3.05) is 24.6 Å². The van der Waals surface area contributed by atoms with E-state index >= 15 is 0 Å². The highest BCUT2D eigenvalue weighted by molar-refractivity contribution is 14.1. The molecule has 1 unspecified atom stereocenters. The minimum Gasteiger partial charge on any atom is -0.392 e. The van der Waals surface area contributed by atoms with Crippen molar-refractivity contribution in [3.8, 4) is 0 Å². The summed E-state index contributed by atoms with van der Waals surface area (Å²) < 4.78 is 0. The van der Waals surface area contributed by atoms with E-state index in [1.807, 2.05) is 11.9 Å². The molecular weight excluding hydrogens is 265 g/mol. The Morgan fingerprint density at radius 3 is 2.17 bits per heavy atom. The highest BCUT2D eigenvalue weighted by atomic mass is 127. The fourth-order valence-corrected chi connectivity index (χ4v) is 1.52. The van der Waals surface area contributed by atoms with Crippen molar-refractivity contribution in [3.05, 3.63) is 0 Å². The van der Waals surface area contributed by atoms with Crippen LogP contribution in [-0.4, -0.2) is 40.7 Å². The third-order valence-corrected chi connectivity index (χ3v) is 1.97. The molecule has 1 rings (SSSR count). The van der Waals surface area contributed by atoms with Gasteiger partial charge in [0, 0.05) is 6.54 Å². The average Bonchev–Trinajstić information content (AvgIpc) is 2.08. The van der Waals surface area contributed by atoms with E-state index in [1.54, 1.807) is 0 Å². The number of rotatable bonds is 2. The molecule has 0 aromatic heterocycles. The molecule has 1 aliphatic heterocycles. The van der Waals surface area contributed by atoms with E-state index in [-0.39, 0.29) is 6.10 Å². The summed E-state index contributed by atoms with van der Waals surface area (Å²) in [6.07, 6.45) is 3.84. The van der Waals surface area contributed by atoms with E-state index in [2.05, 4.69) is 27.5 Å². The van der Waals surface area contributed by atoms with Crippen molar-refractivity contribution < 1.29 is 5.11 Å². The van der Waals surface area contributed by atoms with Crippen LogP contribution in [0.4, 0.5) is 0 Å². The molecule has 3 heteroatoms. The van der Waals surface area contributed by atoms with E-state index in [0.29, 0.717) is 0 Å². The normalized spacial score (nSPS) is 21.0. The fourth-order valence-electron chi connectivity index (χ4n) is 1.52. The van der Waals surface area contributed by atoms with Gasteiger partial charge in [0.2, 0.25) is 0 Å². The Balaban J connectivity index is 0.000000561. The zero-order valence-electron chi connectivity index (χ0n) is 8.09. The highest BCUT2D eigenvalue weighted by Crippen LogP contribution is 2.08. The summed E-state index contributed by atoms with van der Waals surface area (Å²) in [5.41, 5.74) is 0. The second-order valence-corrected chi connectivity index (χ2v) is 3.21. The third kappa shape index (κ3) is 6.20. The summed E-state index contributed by atoms with van der Waals surface area (Å²) in [6, 6.07) is 0. The maximum Gasteiger partial charge on any atom is 0.0639 e. The molecule has 1 heterocycles. The molecule has 0 bridgehead atoms. The van der Waals surface area contributed by atoms with Gasteiger partial charge in [0.25, 0.3) is 0 Å². The Hall–Kier alpha value is 0.650. The Morgan fingerprint density at radius 1 is 1.25 bits per heavy atom. The van der Waals surface area contributed by atoms with Gasteiger partial charge in [-0.05, 0) is 37.8 Å². The largest absolute Gasteiger partial charge is 0.392 e. The molecule has 0 aromatic carbocycles. The second kappa shape index (κ2) is 8.26. The number of β-amino-alcohol motifs (C(OH)–C–C–N with tert-alkyl or cyclic N) is 1. The molecule has 1 saturated heterocycles. The topological polar surface area (TPSA) is 23.5 Å². The smallest absolute Gasteiger partial charge is 0.0639 e. The number of aliphatic hydroxyl groups is 1. The molecule has 0 aromatic rings. The summed E-state index contributed by atoms with van der Waals surface area (Å²) in [5.74, 6) is 0. The minimum absolute atomic E-state index is 0.155. The van der Waals surface area contributed by atoms with Crippen LogP contribution < -0.4 is 0 Å². The van der Waals surface area contributed by atoms with Gasteiger partial charge in [0.1, 0.15) is 0 Å². The first kappa shape index (κ1) is 12.7. The van der Waals surface area contributed by atoms with Crippen LogP contribution in [-0.2, 0) is 0 Å². The number of alkyl halides is 1. The molecule has 0 radical (unpaired) electrons. The first-order valence-electron chi connectivity index (χ1n) is 4.57. The van der Waals surface area contributed by atoms with E-state index in [1.165, 1.54) is 32.4 Å². The first-order valence-corrected chi connectivity index (χ1v) is 6.73. The quantitative estimate of drug-likeness (QED) is 0.619. The molecular formula is C9H20INO. The van der Waals surface area contributed by atoms with Crippen LogP contribution in [0.2, 0.25) is 0 Å². The van der Waals surface area contributed by atoms with Crippen LogP contribution in [0.1, 0.15) is 26.2 Å². The van der Waals surface area contributed by atoms with Gasteiger partial charge < -0.3 is 10.0 Å². The minimum atomic E-state index is -0.155. The molecule has 1 N–H and O–H groups in total. The number of hydrogen-bond donors (Lipinski definition) is 1. The van der Waals surface area contributed by atoms with Crippen LogP contribution in [0.25, 0.3) is 0 Å². The molecule has 2 nitrogen and oxygen atoms in total. The number of likely N-dealkylation sites (tertiary alicyclic amines) is 1. The highest BCUT2D eigenvalue weighted by Gasteiger charge is 2.10. The standard InChI is InChI=1S/C8H17NO.CH3I/c1-8(10)7-9-5-3-2-4-6-9;1-2/h8,10H,2-7H2,1H3;1H3. The van der Waals surface area contributed by atoms with Crippen LogP contribution in [0.3, 0.4) is 0 Å². The van der Waals surface area contributed by atoms with E-state index in [4.69, 9.17) is 5.11 Å². The van der Waals surface area contributed by atoms with E-state index < -0.39 is 0 Å². The number of nitrogens with zero attached hydrogens (tertiary/aromatic N) is 1. The predicted octanol–water partition coefficient (Wildman–Crippen LogP) is 1.90. The number of halogens is 1. The molecule has 0 amide bonds. The van der Waals surface area contributed by atoms with E-state index in [0.717, 1.165) is 6.54 Å². The van der Waals surface area contributed by atoms with Gasteiger partial charge in [-0.25, -0.2) is 0 Å². The molecule has 1 atom stereocenters. The van der Waals surface area contributed by atoms with Gasteiger partial charge >= 0.3 is 0 Å². The lowest BCUT2D eigenvalue weighted by molar-refractivity contribution is 0.114. The fraction of sp³-hybridized carbons (Fsp3) is 1.00. The van der Waals surface area contributed by atoms with E-state index in [9.17, 15) is 0 Å². The summed E-state index contributed by atoms with van der Waals surface area (Å²) in [5, 5.41) is 9.06. The Labute approximate surface area is 89.5 Å². The monoisotopic (exact) mass is 285 g/mol. The number of hydrogen-bond acceptors (Lipinski definition) is 2. The molecule has 0 aliphatic carbocycles. The van der Waals surface area contributed by atoms with Gasteiger partial charge in [-0.15, -0.1) is 0 Å². The van der Waals surface area contributed by atoms with Crippen molar-refractivity contribution in [3.63, 3.8) is 0 Å². The maximum absolute atomic E-state index is 9.06. The van der Waals surface area contributed by atoms with Crippen molar-refractivity contribution >= 4 is 22.6 Å². The first-order chi connectivity index (χ1) is 5.79. The van der Waals surface area contributed by atoms with Crippen LogP contribution in [0.15, 0.2) is 0 Å². The summed E-state index contributed by atoms with van der Waals surface area (Å²) >= 11 is 2.15. The molecule has 0 spiro atoms. The molecule has 1 fully saturated rings. The zero-order chi connectivity index (χ0) is 9.40. The van der Waals surface area contributed by atoms with Gasteiger partial charge in [0.15, 0.2) is 0 Å². The van der Waals surface area contributed by atoms with Gasteiger partial charge in [0.05, 0.1) is 6.10 Å². The lowest BCUT2D eigenvalue weighted by Gasteiger charge is -2.27. The lowest BCUT2D eigenvalue weighted by Crippen LogP contribution is -2.35. The Morgan fingerprint density at radius 2 is 1.75 bits per heavy atom. The summed E-state index contributed by atoms with van der Waals surface area (Å²) in [7, 11) is 0. The van der Waals surface area contributed by atoms with Crippen LogP contribution in [0.5, 0.6) is 0 Å². The Kier molecular flexibility index (Phi) is 8.70. The SMILES string of the molecule is CC(O)CN1CCCCC1.CI. The van der Waals surface area contributed by atoms with Crippen molar-refractivity contribution in [1.29, 1.82) is 0 Å². The number of piperidine rings is 1. The maximum atomic E-state index is 9.06. The van der Waals surface area contributed by atoms with Gasteiger partial charge in [-0.1, -0.05) is 29.0 Å². The predicted molar refractivity (Wildman–Crippen MR) is 61.9 cm³/mol. The molecule has 74 valence electrons. The number of aliphatic hydroxyl groups excluding tert-OH is 1. The van der Waals surface area contributed by atoms with Crippen LogP contribution in [0, 0.1) is 0 Å². The second-order valence-electron chi connectivity index (χ2n) is 3.21. The van der Waals surface area contributed by atoms with Gasteiger partial charge in [-0.3, -0.25) is 0 Å². The molecule has 1 aliphatic rings. The third-order valence-electron chi connectivity index (χ3n) is 1.97. The van der Waals surface area contributed by atoms with Crippen molar-refractivity contribution in [2.24, 2.45) is 0 Å². The van der Waals surface area contributed by atoms with Crippen molar-refractivity contribution in [2.45, 2.75) is 32.3 Å². The lowest BCUT2D eigenvalue weighted by atomic mass is 10.1. The molecule has 12 heavy (non-hydrogen) atoms. The summed E-state index contributed by atoms with van der Waals surface area (Å²) in [6.45, 7) is 5.09.